The van der Waals surface area contributed by atoms with Crippen LogP contribution in [0.1, 0.15) is 29.0 Å². The van der Waals surface area contributed by atoms with Crippen molar-refractivity contribution in [3.63, 3.8) is 0 Å². The van der Waals surface area contributed by atoms with Crippen LogP contribution in [0.5, 0.6) is 6.01 Å². The molecule has 1 aromatic carbocycles. The van der Waals surface area contributed by atoms with Crippen LogP contribution in [0.3, 0.4) is 0 Å². The van der Waals surface area contributed by atoms with Crippen LogP contribution in [0.15, 0.2) is 48.8 Å². The van der Waals surface area contributed by atoms with E-state index in [4.69, 9.17) is 4.74 Å². The van der Waals surface area contributed by atoms with Crippen LogP contribution in [0.4, 0.5) is 17.6 Å². The highest BCUT2D eigenvalue weighted by atomic mass is 19.4. The minimum absolute atomic E-state index is 0.198. The van der Waals surface area contributed by atoms with Gasteiger partial charge in [0, 0.05) is 18.9 Å². The first kappa shape index (κ1) is 20.8. The molecule has 1 amide bonds. The predicted octanol–water partition coefficient (Wildman–Crippen LogP) is 4.31. The molecule has 1 fully saturated rings. The lowest BCUT2D eigenvalue weighted by Gasteiger charge is -2.32. The van der Waals surface area contributed by atoms with Crippen molar-refractivity contribution in [3.8, 4) is 17.1 Å². The molecule has 10 heteroatoms. The molecule has 1 saturated heterocycles. The molecule has 1 N–H and O–H groups in total. The molecule has 1 unspecified atom stereocenters. The van der Waals surface area contributed by atoms with Crippen LogP contribution in [-0.4, -0.2) is 45.0 Å². The third-order valence-corrected chi connectivity index (χ3v) is 4.95. The van der Waals surface area contributed by atoms with Gasteiger partial charge in [-0.2, -0.15) is 18.2 Å². The number of carbonyl (C=O) groups is 1. The molecule has 0 saturated carbocycles. The summed E-state index contributed by atoms with van der Waals surface area (Å²) in [6, 6.07) is 7.99. The molecule has 3 aromatic rings. The number of rotatable bonds is 4. The lowest BCUT2D eigenvalue weighted by Crippen LogP contribution is -2.44. The lowest BCUT2D eigenvalue weighted by molar-refractivity contribution is -0.141. The van der Waals surface area contributed by atoms with E-state index in [-0.39, 0.29) is 24.3 Å². The largest absolute Gasteiger partial charge is 0.458 e. The van der Waals surface area contributed by atoms with Gasteiger partial charge in [0.1, 0.15) is 17.6 Å². The van der Waals surface area contributed by atoms with Gasteiger partial charge in [0.2, 0.25) is 0 Å². The van der Waals surface area contributed by atoms with Crippen LogP contribution >= 0.6 is 0 Å². The number of H-pyrrole nitrogens is 1. The Morgan fingerprint density at radius 3 is 2.68 bits per heavy atom. The Balaban J connectivity index is 1.43. The minimum Gasteiger partial charge on any atom is -0.458 e. The topological polar surface area (TPSA) is 71.1 Å². The Labute approximate surface area is 174 Å². The number of nitrogens with one attached hydrogen (secondary N) is 1. The van der Waals surface area contributed by atoms with Gasteiger partial charge in [-0.3, -0.25) is 4.79 Å². The monoisotopic (exact) mass is 434 g/mol. The molecule has 0 aliphatic carbocycles. The number of amides is 1. The number of carbonyl (C=O) groups excluding carboxylic acids is 1. The first-order valence-corrected chi connectivity index (χ1v) is 9.60. The van der Waals surface area contributed by atoms with Crippen LogP contribution in [0.25, 0.3) is 11.1 Å². The van der Waals surface area contributed by atoms with E-state index in [1.54, 1.807) is 29.3 Å². The Kier molecular flexibility index (Phi) is 5.62. The molecule has 3 heterocycles. The first-order chi connectivity index (χ1) is 14.8. The standard InChI is InChI=1S/C21H18F4N4O2/c22-15-5-3-13(4-6-15)14-10-17(27-11-14)19(30)29-9-1-2-16(12-29)31-20-26-8-7-18(28-20)21(23,24)25/h3-8,10-11,16,27H,1-2,9,12H2. The number of hydrogen-bond donors (Lipinski definition) is 1. The molecule has 31 heavy (non-hydrogen) atoms. The number of piperidine rings is 1. The molecule has 1 atom stereocenters. The number of hydrogen-bond acceptors (Lipinski definition) is 4. The molecule has 0 radical (unpaired) electrons. The lowest BCUT2D eigenvalue weighted by atomic mass is 10.1. The van der Waals surface area contributed by atoms with E-state index in [0.717, 1.165) is 23.4 Å². The maximum absolute atomic E-state index is 13.1. The van der Waals surface area contributed by atoms with E-state index in [9.17, 15) is 22.4 Å². The van der Waals surface area contributed by atoms with Crippen LogP contribution in [0.2, 0.25) is 0 Å². The summed E-state index contributed by atoms with van der Waals surface area (Å²) in [6.45, 7) is 0.691. The van der Waals surface area contributed by atoms with Gasteiger partial charge in [-0.1, -0.05) is 12.1 Å². The molecule has 4 rings (SSSR count). The first-order valence-electron chi connectivity index (χ1n) is 9.60. The molecule has 0 spiro atoms. The second kappa shape index (κ2) is 8.37. The molecular weight excluding hydrogens is 416 g/mol. The molecule has 1 aliphatic rings. The Morgan fingerprint density at radius 1 is 1.16 bits per heavy atom. The zero-order chi connectivity index (χ0) is 22.0. The summed E-state index contributed by atoms with van der Waals surface area (Å²) in [5.74, 6) is -0.605. The fourth-order valence-corrected chi connectivity index (χ4v) is 3.42. The van der Waals surface area contributed by atoms with Gasteiger partial charge < -0.3 is 14.6 Å². The average Bonchev–Trinajstić information content (AvgIpc) is 3.24. The third-order valence-electron chi connectivity index (χ3n) is 4.95. The smallest absolute Gasteiger partial charge is 0.433 e. The quantitative estimate of drug-likeness (QED) is 0.621. The summed E-state index contributed by atoms with van der Waals surface area (Å²) >= 11 is 0. The van der Waals surface area contributed by atoms with E-state index >= 15 is 0 Å². The molecular formula is C21H18F4N4O2. The minimum atomic E-state index is -4.59. The number of ether oxygens (including phenoxy) is 1. The molecule has 2 aromatic heterocycles. The summed E-state index contributed by atoms with van der Waals surface area (Å²) in [5, 5.41) is 0. The summed E-state index contributed by atoms with van der Waals surface area (Å²) in [6.07, 6.45) is -1.27. The average molecular weight is 434 g/mol. The molecule has 162 valence electrons. The van der Waals surface area contributed by atoms with Gasteiger partial charge in [0.25, 0.3) is 5.91 Å². The van der Waals surface area contributed by atoms with Crippen molar-refractivity contribution < 1.29 is 27.1 Å². The number of aromatic amines is 1. The van der Waals surface area contributed by atoms with Gasteiger partial charge >= 0.3 is 12.2 Å². The van der Waals surface area contributed by atoms with E-state index in [1.807, 2.05) is 0 Å². The summed E-state index contributed by atoms with van der Waals surface area (Å²) < 4.78 is 57.1. The Hall–Kier alpha value is -3.43. The van der Waals surface area contributed by atoms with Crippen molar-refractivity contribution in [2.45, 2.75) is 25.1 Å². The second-order valence-corrected chi connectivity index (χ2v) is 7.16. The normalized spacial score (nSPS) is 16.9. The maximum atomic E-state index is 13.1. The Bertz CT molecular complexity index is 1070. The van der Waals surface area contributed by atoms with E-state index < -0.39 is 18.0 Å². The third kappa shape index (κ3) is 4.84. The fourth-order valence-electron chi connectivity index (χ4n) is 3.42. The molecule has 6 nitrogen and oxygen atoms in total. The van der Waals surface area contributed by atoms with Crippen molar-refractivity contribution in [2.24, 2.45) is 0 Å². The number of halogens is 4. The Morgan fingerprint density at radius 2 is 1.94 bits per heavy atom. The van der Waals surface area contributed by atoms with Crippen LogP contribution in [0, 0.1) is 5.82 Å². The van der Waals surface area contributed by atoms with Crippen molar-refractivity contribution >= 4 is 5.91 Å². The van der Waals surface area contributed by atoms with Crippen molar-refractivity contribution in [2.75, 3.05) is 13.1 Å². The molecule has 1 aliphatic heterocycles. The second-order valence-electron chi connectivity index (χ2n) is 7.16. The van der Waals surface area contributed by atoms with Crippen LogP contribution in [-0.2, 0) is 6.18 Å². The number of benzene rings is 1. The van der Waals surface area contributed by atoms with Gasteiger partial charge in [0.05, 0.1) is 6.54 Å². The van der Waals surface area contributed by atoms with Gasteiger partial charge in [-0.05, 0) is 48.2 Å². The number of nitrogens with zero attached hydrogens (tertiary/aromatic N) is 3. The highest BCUT2D eigenvalue weighted by molar-refractivity contribution is 5.94. The van der Waals surface area contributed by atoms with E-state index in [1.165, 1.54) is 12.1 Å². The number of likely N-dealkylation sites (tertiary alicyclic amines) is 1. The SMILES string of the molecule is O=C(c1cc(-c2ccc(F)cc2)c[nH]1)N1CCCC(Oc2nccc(C(F)(F)F)n2)C1. The number of alkyl halides is 3. The molecule has 0 bridgehead atoms. The maximum Gasteiger partial charge on any atom is 0.433 e. The van der Waals surface area contributed by atoms with Gasteiger partial charge in [-0.25, -0.2) is 9.37 Å². The van der Waals surface area contributed by atoms with Crippen molar-refractivity contribution in [3.05, 3.63) is 66.0 Å². The van der Waals surface area contributed by atoms with Gasteiger partial charge in [-0.15, -0.1) is 0 Å². The number of aromatic nitrogens is 3. The van der Waals surface area contributed by atoms with Crippen molar-refractivity contribution in [1.29, 1.82) is 0 Å². The predicted molar refractivity (Wildman–Crippen MR) is 103 cm³/mol. The zero-order valence-electron chi connectivity index (χ0n) is 16.2. The van der Waals surface area contributed by atoms with Crippen LogP contribution < -0.4 is 4.74 Å². The summed E-state index contributed by atoms with van der Waals surface area (Å²) in [4.78, 5) is 24.5. The zero-order valence-corrected chi connectivity index (χ0v) is 16.2. The van der Waals surface area contributed by atoms with Gasteiger partial charge in [0.15, 0.2) is 5.69 Å². The summed E-state index contributed by atoms with van der Waals surface area (Å²) in [7, 11) is 0. The summed E-state index contributed by atoms with van der Waals surface area (Å²) in [5.41, 5.74) is 0.778. The van der Waals surface area contributed by atoms with E-state index in [0.29, 0.717) is 25.1 Å². The fraction of sp³-hybridized carbons (Fsp3) is 0.286. The van der Waals surface area contributed by atoms with E-state index in [2.05, 4.69) is 15.0 Å². The highest BCUT2D eigenvalue weighted by Gasteiger charge is 2.33. The highest BCUT2D eigenvalue weighted by Crippen LogP contribution is 2.28. The van der Waals surface area contributed by atoms with Crippen molar-refractivity contribution in [1.82, 2.24) is 19.9 Å².